The number of nitrogens with one attached hydrogen (secondary N) is 1. The van der Waals surface area contributed by atoms with Gasteiger partial charge in [-0.15, -0.1) is 0 Å². The van der Waals surface area contributed by atoms with Crippen molar-refractivity contribution in [2.24, 2.45) is 5.92 Å². The van der Waals surface area contributed by atoms with Gasteiger partial charge in [-0.25, -0.2) is 4.98 Å². The van der Waals surface area contributed by atoms with E-state index in [4.69, 9.17) is 14.2 Å². The molecule has 6 heteroatoms. The van der Waals surface area contributed by atoms with Gasteiger partial charge in [0.2, 0.25) is 5.75 Å². The largest absolute Gasteiger partial charge is 0.493 e. The second-order valence-corrected chi connectivity index (χ2v) is 5.86. The summed E-state index contributed by atoms with van der Waals surface area (Å²) in [7, 11) is 4.88. The average Bonchev–Trinajstić information content (AvgIpc) is 2.98. The van der Waals surface area contributed by atoms with Crippen LogP contribution in [0, 0.1) is 12.8 Å². The zero-order valence-corrected chi connectivity index (χ0v) is 15.1. The van der Waals surface area contributed by atoms with Crippen LogP contribution in [-0.4, -0.2) is 37.4 Å². The Kier molecular flexibility index (Phi) is 6.49. The maximum atomic E-state index is 5.51. The molecule has 1 aromatic carbocycles. The number of hydrogen-bond acceptors (Lipinski definition) is 5. The fraction of sp³-hybridized carbons (Fsp3) is 0.500. The van der Waals surface area contributed by atoms with E-state index in [1.54, 1.807) is 21.3 Å². The van der Waals surface area contributed by atoms with E-state index < -0.39 is 0 Å². The highest BCUT2D eigenvalue weighted by molar-refractivity contribution is 5.55. The Morgan fingerprint density at radius 1 is 1.12 bits per heavy atom. The Hall–Kier alpha value is -2.21. The quantitative estimate of drug-likeness (QED) is 0.764. The third kappa shape index (κ3) is 4.20. The molecule has 0 saturated carbocycles. The molecule has 1 atom stereocenters. The lowest BCUT2D eigenvalue weighted by molar-refractivity contribution is 0.321. The Labute approximate surface area is 143 Å². The van der Waals surface area contributed by atoms with E-state index in [2.05, 4.69) is 21.8 Å². The first-order valence-electron chi connectivity index (χ1n) is 8.07. The van der Waals surface area contributed by atoms with Crippen molar-refractivity contribution in [3.63, 3.8) is 0 Å². The predicted molar refractivity (Wildman–Crippen MR) is 93.9 cm³/mol. The Bertz CT molecular complexity index is 655. The molecule has 1 unspecified atom stereocenters. The first-order valence-corrected chi connectivity index (χ1v) is 8.07. The van der Waals surface area contributed by atoms with Gasteiger partial charge >= 0.3 is 0 Å². The van der Waals surface area contributed by atoms with Crippen LogP contribution in [0.1, 0.15) is 18.3 Å². The Morgan fingerprint density at radius 2 is 1.88 bits per heavy atom. The summed E-state index contributed by atoms with van der Waals surface area (Å²) in [5, 5.41) is 3.49. The van der Waals surface area contributed by atoms with Crippen LogP contribution in [-0.2, 0) is 13.1 Å². The number of imidazole rings is 1. The molecule has 132 valence electrons. The molecule has 0 aliphatic heterocycles. The smallest absolute Gasteiger partial charge is 0.203 e. The first-order chi connectivity index (χ1) is 11.6. The van der Waals surface area contributed by atoms with Crippen molar-refractivity contribution in [3.05, 3.63) is 35.9 Å². The maximum absolute atomic E-state index is 5.51. The number of hydrogen-bond donors (Lipinski definition) is 1. The molecule has 0 amide bonds. The number of rotatable bonds is 9. The number of ether oxygens (including phenoxy) is 3. The molecule has 0 fully saturated rings. The number of aromatic nitrogens is 2. The van der Waals surface area contributed by atoms with Gasteiger partial charge < -0.3 is 24.1 Å². The van der Waals surface area contributed by atoms with Crippen molar-refractivity contribution in [1.82, 2.24) is 14.9 Å². The molecule has 6 nitrogen and oxygen atoms in total. The molecular weight excluding hydrogens is 306 g/mol. The minimum absolute atomic E-state index is 0.490. The maximum Gasteiger partial charge on any atom is 0.203 e. The first kappa shape index (κ1) is 18.1. The van der Waals surface area contributed by atoms with Crippen LogP contribution >= 0.6 is 0 Å². The summed E-state index contributed by atoms with van der Waals surface area (Å²) in [4.78, 5) is 4.26. The van der Waals surface area contributed by atoms with Crippen LogP contribution < -0.4 is 19.5 Å². The SMILES string of the molecule is COc1ccc(CNCC(C)Cn2ccnc2C)c(OC)c1OC. The third-order valence-electron chi connectivity index (χ3n) is 4.03. The van der Waals surface area contributed by atoms with Crippen molar-refractivity contribution in [1.29, 1.82) is 0 Å². The van der Waals surface area contributed by atoms with Gasteiger partial charge in [-0.2, -0.15) is 0 Å². The number of benzene rings is 1. The van der Waals surface area contributed by atoms with Crippen molar-refractivity contribution >= 4 is 0 Å². The van der Waals surface area contributed by atoms with Crippen molar-refractivity contribution < 1.29 is 14.2 Å². The lowest BCUT2D eigenvalue weighted by atomic mass is 10.1. The number of nitrogens with zero attached hydrogens (tertiary/aromatic N) is 2. The van der Waals surface area contributed by atoms with E-state index in [1.807, 2.05) is 31.5 Å². The summed E-state index contributed by atoms with van der Waals surface area (Å²) in [6, 6.07) is 3.90. The normalized spacial score (nSPS) is 12.0. The van der Waals surface area contributed by atoms with Gasteiger partial charge in [-0.05, 0) is 25.5 Å². The average molecular weight is 333 g/mol. The monoisotopic (exact) mass is 333 g/mol. The van der Waals surface area contributed by atoms with Crippen molar-refractivity contribution in [2.45, 2.75) is 26.9 Å². The predicted octanol–water partition coefficient (Wildman–Crippen LogP) is 2.64. The second kappa shape index (κ2) is 8.59. The topological polar surface area (TPSA) is 57.5 Å². The molecule has 1 N–H and O–H groups in total. The second-order valence-electron chi connectivity index (χ2n) is 5.86. The van der Waals surface area contributed by atoms with Gasteiger partial charge in [0.1, 0.15) is 5.82 Å². The molecule has 0 aliphatic carbocycles. The van der Waals surface area contributed by atoms with Crippen LogP contribution in [0.4, 0.5) is 0 Å². The molecule has 24 heavy (non-hydrogen) atoms. The zero-order chi connectivity index (χ0) is 17.5. The summed E-state index contributed by atoms with van der Waals surface area (Å²) >= 11 is 0. The molecule has 2 rings (SSSR count). The van der Waals surface area contributed by atoms with Gasteiger partial charge in [0, 0.05) is 31.0 Å². The van der Waals surface area contributed by atoms with Gasteiger partial charge in [0.25, 0.3) is 0 Å². The molecule has 0 aliphatic rings. The fourth-order valence-corrected chi connectivity index (χ4v) is 2.75. The summed E-state index contributed by atoms with van der Waals surface area (Å²) in [6.45, 7) is 6.79. The van der Waals surface area contributed by atoms with E-state index in [0.29, 0.717) is 29.7 Å². The standard InChI is InChI=1S/C18H27N3O3/c1-13(12-21-9-8-20-14(21)2)10-19-11-15-6-7-16(22-3)18(24-5)17(15)23-4/h6-9,13,19H,10-12H2,1-5H3. The Balaban J connectivity index is 1.95. The van der Waals surface area contributed by atoms with Crippen molar-refractivity contribution in [3.8, 4) is 17.2 Å². The minimum atomic E-state index is 0.490. The van der Waals surface area contributed by atoms with Crippen LogP contribution in [0.2, 0.25) is 0 Å². The highest BCUT2D eigenvalue weighted by Gasteiger charge is 2.15. The number of methoxy groups -OCH3 is 3. The molecule has 0 saturated heterocycles. The lowest BCUT2D eigenvalue weighted by Gasteiger charge is -2.18. The van der Waals surface area contributed by atoms with Crippen LogP contribution in [0.5, 0.6) is 17.2 Å². The molecular formula is C18H27N3O3. The van der Waals surface area contributed by atoms with Crippen molar-refractivity contribution in [2.75, 3.05) is 27.9 Å². The Morgan fingerprint density at radius 3 is 2.46 bits per heavy atom. The highest BCUT2D eigenvalue weighted by atomic mass is 16.5. The highest BCUT2D eigenvalue weighted by Crippen LogP contribution is 2.39. The van der Waals surface area contributed by atoms with E-state index in [0.717, 1.165) is 24.5 Å². The van der Waals surface area contributed by atoms with E-state index in [1.165, 1.54) is 0 Å². The summed E-state index contributed by atoms with van der Waals surface area (Å²) in [6.07, 6.45) is 3.85. The van der Waals surface area contributed by atoms with E-state index in [9.17, 15) is 0 Å². The fourth-order valence-electron chi connectivity index (χ4n) is 2.75. The molecule has 0 bridgehead atoms. The third-order valence-corrected chi connectivity index (χ3v) is 4.03. The summed E-state index contributed by atoms with van der Waals surface area (Å²) in [5.41, 5.74) is 1.04. The van der Waals surface area contributed by atoms with Gasteiger partial charge in [0.05, 0.1) is 21.3 Å². The molecule has 2 aromatic rings. The minimum Gasteiger partial charge on any atom is -0.493 e. The van der Waals surface area contributed by atoms with Gasteiger partial charge in [-0.1, -0.05) is 13.0 Å². The lowest BCUT2D eigenvalue weighted by Crippen LogP contribution is -2.24. The van der Waals surface area contributed by atoms with Crippen LogP contribution in [0.3, 0.4) is 0 Å². The van der Waals surface area contributed by atoms with Gasteiger partial charge in [-0.3, -0.25) is 0 Å². The molecule has 0 radical (unpaired) electrons. The van der Waals surface area contributed by atoms with E-state index in [-0.39, 0.29) is 0 Å². The zero-order valence-electron chi connectivity index (χ0n) is 15.1. The van der Waals surface area contributed by atoms with Crippen LogP contribution in [0.25, 0.3) is 0 Å². The van der Waals surface area contributed by atoms with Crippen LogP contribution in [0.15, 0.2) is 24.5 Å². The number of aryl methyl sites for hydroxylation is 1. The molecule has 0 spiro atoms. The van der Waals surface area contributed by atoms with E-state index >= 15 is 0 Å². The molecule has 1 heterocycles. The summed E-state index contributed by atoms with van der Waals surface area (Å²) in [5.74, 6) is 3.54. The summed E-state index contributed by atoms with van der Waals surface area (Å²) < 4.78 is 18.4. The van der Waals surface area contributed by atoms with Gasteiger partial charge in [0.15, 0.2) is 11.5 Å². The molecule has 1 aromatic heterocycles.